The summed E-state index contributed by atoms with van der Waals surface area (Å²) in [6.07, 6.45) is -9.63. The molecule has 27 heteroatoms. The Morgan fingerprint density at radius 3 is 1.37 bits per heavy atom. The number of anilines is 5. The number of morpholine rings is 3. The van der Waals surface area contributed by atoms with Crippen molar-refractivity contribution in [1.29, 1.82) is 0 Å². The minimum Gasteiger partial charge on any atom is -0.495 e. The van der Waals surface area contributed by atoms with Gasteiger partial charge in [-0.05, 0) is 144 Å². The molecule has 3 fully saturated rings. The molecule has 109 heavy (non-hydrogen) atoms. The lowest BCUT2D eigenvalue weighted by Crippen LogP contribution is -2.36. The standard InChI is InChI=1S/C27H31F3N2O4.C27H29F3N2O4.C14H15F3O2.C14H17NO3/c2*1-26(2,3)25(34)31-21-6-5-19(27(28,29)30)13-17(21)12-18-11-16-14-22(32-7-9-36-10-8-32)23(35-4)15-20(16)24(18)33;1-13(2,3)12(19)7-9-4-5-11(14(15,16)17)6-10(9)8-18;1-17-14-9-11-10(2-3-13(11)16)8-12(14)15-4-6-18-7-5-15/h5-6,13-15,18H,7-12H2,1-4H3,(H,31,34);5-6,12-15H,7-11H2,1-4H3,(H,31,34);4-6,8H,7H2,1-3H3;8-9H,2-7H2,1H3/b;18-12+;;. The number of alkyl halides is 9. The molecule has 12 rings (SSSR count). The molecule has 3 aliphatic carbocycles. The topological polar surface area (TPSA) is 209 Å². The van der Waals surface area contributed by atoms with E-state index < -0.39 is 57.4 Å². The Hall–Kier alpha value is -9.60. The van der Waals surface area contributed by atoms with Crippen molar-refractivity contribution in [2.45, 2.75) is 119 Å². The molecule has 3 aliphatic heterocycles. The zero-order valence-electron chi connectivity index (χ0n) is 63.2. The van der Waals surface area contributed by atoms with Gasteiger partial charge in [-0.2, -0.15) is 39.5 Å². The van der Waals surface area contributed by atoms with Gasteiger partial charge in [0.25, 0.3) is 0 Å². The molecule has 1 atom stereocenters. The zero-order chi connectivity index (χ0) is 79.9. The number of carbonyl (C=O) groups is 7. The van der Waals surface area contributed by atoms with Crippen LogP contribution in [0.1, 0.15) is 160 Å². The van der Waals surface area contributed by atoms with Crippen LogP contribution in [-0.2, 0) is 79.2 Å². The highest BCUT2D eigenvalue weighted by molar-refractivity contribution is 6.16. The third-order valence-electron chi connectivity index (χ3n) is 19.5. The smallest absolute Gasteiger partial charge is 0.416 e. The van der Waals surface area contributed by atoms with Gasteiger partial charge in [0.2, 0.25) is 11.8 Å². The number of carbonyl (C=O) groups excluding carboxylic acids is 7. The summed E-state index contributed by atoms with van der Waals surface area (Å²) in [4.78, 5) is 92.7. The minimum absolute atomic E-state index is 0.0459. The minimum atomic E-state index is -4.57. The number of aldehydes is 1. The lowest BCUT2D eigenvalue weighted by Gasteiger charge is -2.30. The van der Waals surface area contributed by atoms with Crippen LogP contribution in [0.15, 0.2) is 96.6 Å². The number of ketones is 4. The van der Waals surface area contributed by atoms with E-state index in [0.29, 0.717) is 111 Å². The molecule has 0 bridgehead atoms. The van der Waals surface area contributed by atoms with Crippen molar-refractivity contribution in [3.63, 3.8) is 0 Å². The fraction of sp³-hybridized carbons (Fsp3) is 0.451. The summed E-state index contributed by atoms with van der Waals surface area (Å²) in [5, 5.41) is 5.46. The number of nitrogens with zero attached hydrogens (tertiary/aromatic N) is 3. The summed E-state index contributed by atoms with van der Waals surface area (Å²) in [6.45, 7) is 23.9. The van der Waals surface area contributed by atoms with Gasteiger partial charge in [-0.1, -0.05) is 68.4 Å². The zero-order valence-corrected chi connectivity index (χ0v) is 63.2. The molecule has 6 aromatic carbocycles. The Labute approximate surface area is 627 Å². The molecule has 3 saturated heterocycles. The lowest BCUT2D eigenvalue weighted by molar-refractivity contribution is -0.138. The van der Waals surface area contributed by atoms with Crippen LogP contribution in [0.4, 0.5) is 68.0 Å². The van der Waals surface area contributed by atoms with Gasteiger partial charge in [0, 0.05) is 120 Å². The summed E-state index contributed by atoms with van der Waals surface area (Å²) in [5.74, 6) is 0.428. The number of fused-ring (bicyclic) bond motifs is 3. The second kappa shape index (κ2) is 34.1. The molecular weight excluding hydrogens is 1430 g/mol. The first kappa shape index (κ1) is 83.4. The maximum absolute atomic E-state index is 13.5. The summed E-state index contributed by atoms with van der Waals surface area (Å²) in [5.41, 5.74) is 4.28. The van der Waals surface area contributed by atoms with E-state index in [0.717, 1.165) is 114 Å². The number of hydrogen-bond donors (Lipinski definition) is 2. The van der Waals surface area contributed by atoms with Gasteiger partial charge in [-0.15, -0.1) is 0 Å². The predicted molar refractivity (Wildman–Crippen MR) is 396 cm³/mol. The molecule has 1 unspecified atom stereocenters. The monoisotopic (exact) mass is 1530 g/mol. The van der Waals surface area contributed by atoms with E-state index in [2.05, 4.69) is 31.4 Å². The summed E-state index contributed by atoms with van der Waals surface area (Å²) in [6, 6.07) is 20.5. The molecule has 0 spiro atoms. The Balaban J connectivity index is 0.000000175. The number of Topliss-reactive ketones (excluding diaryl/α,β-unsaturated/α-hetero) is 4. The van der Waals surface area contributed by atoms with E-state index in [9.17, 15) is 73.1 Å². The van der Waals surface area contributed by atoms with Crippen LogP contribution in [0.5, 0.6) is 17.2 Å². The molecule has 6 aliphatic rings. The SMILES string of the molecule is CC(C)(C)C(=O)Cc1ccc(C(F)(F)F)cc1C=O.COc1cc2c(cc1N1CCOCC1)C/C(=C\c1cc(C(F)(F)F)ccc1NC(=O)C(C)(C)C)C2=O.COc1cc2c(cc1N1CCOCC1)CC(Cc1cc(C(F)(F)F)ccc1NC(=O)C(C)(C)C)C2=O.COc1cc2c(cc1N1CCOCC1)CCC2=O. The fourth-order valence-electron chi connectivity index (χ4n) is 13.0. The normalized spacial score (nSPS) is 17.0. The van der Waals surface area contributed by atoms with Gasteiger partial charge in [-0.3, -0.25) is 33.6 Å². The number of nitrogens with one attached hydrogen (secondary N) is 2. The maximum atomic E-state index is 13.5. The summed E-state index contributed by atoms with van der Waals surface area (Å²) < 4.78 is 151. The molecule has 6 aromatic rings. The van der Waals surface area contributed by atoms with Crippen molar-refractivity contribution >= 4 is 75.7 Å². The van der Waals surface area contributed by atoms with Crippen LogP contribution in [0, 0.1) is 22.2 Å². The fourth-order valence-corrected chi connectivity index (χ4v) is 13.0. The van der Waals surface area contributed by atoms with E-state index in [4.69, 9.17) is 28.4 Å². The van der Waals surface area contributed by atoms with E-state index >= 15 is 0 Å². The Bertz CT molecular complexity index is 4430. The number of methoxy groups -OCH3 is 3. The first-order valence-corrected chi connectivity index (χ1v) is 35.8. The molecule has 0 saturated carbocycles. The quantitative estimate of drug-likeness (QED) is 0.0590. The molecule has 0 radical (unpaired) electrons. The van der Waals surface area contributed by atoms with Gasteiger partial charge in [0.15, 0.2) is 17.3 Å². The third-order valence-corrected chi connectivity index (χ3v) is 19.5. The first-order valence-electron chi connectivity index (χ1n) is 35.8. The van der Waals surface area contributed by atoms with Crippen LogP contribution in [-0.4, -0.2) is 141 Å². The largest absolute Gasteiger partial charge is 0.495 e. The van der Waals surface area contributed by atoms with E-state index in [1.165, 1.54) is 31.4 Å². The van der Waals surface area contributed by atoms with Gasteiger partial charge >= 0.3 is 18.5 Å². The van der Waals surface area contributed by atoms with E-state index in [1.54, 1.807) is 88.7 Å². The number of benzene rings is 6. The Morgan fingerprint density at radius 2 is 0.908 bits per heavy atom. The lowest BCUT2D eigenvalue weighted by atomic mass is 9.86. The van der Waals surface area contributed by atoms with Crippen LogP contribution in [0.3, 0.4) is 0 Å². The number of aryl methyl sites for hydroxylation is 1. The molecule has 18 nitrogen and oxygen atoms in total. The van der Waals surface area contributed by atoms with Crippen molar-refractivity contribution in [2.24, 2.45) is 22.2 Å². The number of halogens is 9. The van der Waals surface area contributed by atoms with Crippen LogP contribution >= 0.6 is 0 Å². The number of ether oxygens (including phenoxy) is 6. The van der Waals surface area contributed by atoms with Crippen molar-refractivity contribution < 1.29 is 101 Å². The predicted octanol–water partition coefficient (Wildman–Crippen LogP) is 15.8. The highest BCUT2D eigenvalue weighted by atomic mass is 19.4. The van der Waals surface area contributed by atoms with Crippen molar-refractivity contribution in [3.05, 3.63) is 169 Å². The van der Waals surface area contributed by atoms with Gasteiger partial charge < -0.3 is 53.8 Å². The molecule has 3 heterocycles. The van der Waals surface area contributed by atoms with Crippen LogP contribution in [0.2, 0.25) is 0 Å². The summed E-state index contributed by atoms with van der Waals surface area (Å²) >= 11 is 0. The highest BCUT2D eigenvalue weighted by Gasteiger charge is 2.39. The van der Waals surface area contributed by atoms with Crippen molar-refractivity contribution in [1.82, 2.24) is 0 Å². The van der Waals surface area contributed by atoms with Crippen molar-refractivity contribution in [2.75, 3.05) is 126 Å². The van der Waals surface area contributed by atoms with Gasteiger partial charge in [0.05, 0.1) is 94.7 Å². The second-order valence-electron chi connectivity index (χ2n) is 30.4. The highest BCUT2D eigenvalue weighted by Crippen LogP contribution is 2.44. The van der Waals surface area contributed by atoms with Crippen molar-refractivity contribution in [3.8, 4) is 17.2 Å². The second-order valence-corrected chi connectivity index (χ2v) is 30.4. The number of amides is 2. The maximum Gasteiger partial charge on any atom is 0.416 e. The first-order chi connectivity index (χ1) is 51.1. The Morgan fingerprint density at radius 1 is 0.486 bits per heavy atom. The van der Waals surface area contributed by atoms with Crippen LogP contribution < -0.4 is 39.5 Å². The number of rotatable bonds is 14. The third kappa shape index (κ3) is 20.7. The average molecular weight is 1530 g/mol. The van der Waals surface area contributed by atoms with E-state index in [-0.39, 0.29) is 76.6 Å². The van der Waals surface area contributed by atoms with Gasteiger partial charge in [-0.25, -0.2) is 0 Å². The van der Waals surface area contributed by atoms with Crippen LogP contribution in [0.25, 0.3) is 6.08 Å². The molecule has 2 amide bonds. The van der Waals surface area contributed by atoms with E-state index in [1.807, 2.05) is 18.2 Å². The number of hydrogen-bond acceptors (Lipinski definition) is 16. The van der Waals surface area contributed by atoms with Gasteiger partial charge in [0.1, 0.15) is 29.3 Å². The molecule has 2 N–H and O–H groups in total. The number of allylic oxidation sites excluding steroid dienone is 1. The average Bonchev–Trinajstić information content (AvgIpc) is 1.63. The summed E-state index contributed by atoms with van der Waals surface area (Å²) in [7, 11) is 4.75. The molecular formula is C82H92F9N5O13. The molecule has 0 aromatic heterocycles. The Kier molecular flexibility index (Phi) is 26.1. The molecule has 586 valence electrons.